The molecule has 3 rings (SSSR count). The molecule has 1 aliphatic heterocycles. The monoisotopic (exact) mass is 303 g/mol. The predicted molar refractivity (Wildman–Crippen MR) is 82.6 cm³/mol. The first kappa shape index (κ1) is 14.7. The van der Waals surface area contributed by atoms with Gasteiger partial charge in [-0.3, -0.25) is 9.59 Å². The zero-order valence-electron chi connectivity index (χ0n) is 12.6. The van der Waals surface area contributed by atoms with Gasteiger partial charge < -0.3 is 20.7 Å². The Bertz CT molecular complexity index is 586. The largest absolute Gasteiger partial charge is 0.477 e. The van der Waals surface area contributed by atoms with Crippen LogP contribution in [0.25, 0.3) is 0 Å². The molecule has 0 spiro atoms. The fourth-order valence-corrected chi connectivity index (χ4v) is 2.79. The zero-order chi connectivity index (χ0) is 15.7. The Hall–Kier alpha value is -2.24. The van der Waals surface area contributed by atoms with Crippen LogP contribution in [0, 0.1) is 5.92 Å². The van der Waals surface area contributed by atoms with Gasteiger partial charge in [-0.2, -0.15) is 0 Å². The van der Waals surface area contributed by atoms with Crippen LogP contribution in [-0.4, -0.2) is 37.0 Å². The molecule has 0 radical (unpaired) electrons. The molecule has 1 heterocycles. The lowest BCUT2D eigenvalue weighted by Gasteiger charge is -2.34. The van der Waals surface area contributed by atoms with Crippen LogP contribution in [-0.2, 0) is 9.59 Å². The molecular formula is C16H21N3O3. The summed E-state index contributed by atoms with van der Waals surface area (Å²) in [6.07, 6.45) is 1.64. The maximum Gasteiger partial charge on any atom is 0.260 e. The summed E-state index contributed by atoms with van der Waals surface area (Å²) in [4.78, 5) is 25.5. The van der Waals surface area contributed by atoms with Gasteiger partial charge in [0.05, 0.1) is 18.8 Å². The van der Waals surface area contributed by atoms with Gasteiger partial charge in [0.15, 0.2) is 6.10 Å². The van der Waals surface area contributed by atoms with Crippen molar-refractivity contribution in [1.82, 2.24) is 5.32 Å². The van der Waals surface area contributed by atoms with Crippen molar-refractivity contribution in [2.45, 2.75) is 31.9 Å². The number of nitrogens with two attached hydrogens (primary N) is 1. The van der Waals surface area contributed by atoms with E-state index in [0.717, 1.165) is 5.69 Å². The number of para-hydroxylation sites is 2. The highest BCUT2D eigenvalue weighted by Crippen LogP contribution is 2.33. The van der Waals surface area contributed by atoms with E-state index in [2.05, 4.69) is 5.32 Å². The Morgan fingerprint density at radius 1 is 1.41 bits per heavy atom. The lowest BCUT2D eigenvalue weighted by molar-refractivity contribution is -0.125. The molecule has 2 aliphatic rings. The summed E-state index contributed by atoms with van der Waals surface area (Å²) in [5.74, 6) is 0.630. The van der Waals surface area contributed by atoms with E-state index in [9.17, 15) is 9.59 Å². The third kappa shape index (κ3) is 3.16. The second-order valence-corrected chi connectivity index (χ2v) is 6.05. The number of hydrogen-bond donors (Lipinski definition) is 2. The van der Waals surface area contributed by atoms with Gasteiger partial charge >= 0.3 is 0 Å². The number of carbonyl (C=O) groups is 2. The number of primary amides is 1. The highest BCUT2D eigenvalue weighted by atomic mass is 16.5. The summed E-state index contributed by atoms with van der Waals surface area (Å²) in [5.41, 5.74) is 6.17. The van der Waals surface area contributed by atoms with Crippen molar-refractivity contribution in [3.63, 3.8) is 0 Å². The quantitative estimate of drug-likeness (QED) is 0.836. The maximum absolute atomic E-state index is 12.2. The molecule has 2 amide bonds. The Labute approximate surface area is 129 Å². The number of rotatable bonds is 5. The predicted octanol–water partition coefficient (Wildman–Crippen LogP) is 0.654. The molecule has 2 atom stereocenters. The Kier molecular flexibility index (Phi) is 3.92. The normalized spacial score (nSPS) is 21.5. The molecule has 0 unspecified atom stereocenters. The average Bonchev–Trinajstić information content (AvgIpc) is 3.31. The molecule has 0 aromatic heterocycles. The highest BCUT2D eigenvalue weighted by Gasteiger charge is 2.32. The third-order valence-electron chi connectivity index (χ3n) is 4.23. The van der Waals surface area contributed by atoms with Crippen molar-refractivity contribution in [3.05, 3.63) is 24.3 Å². The molecule has 118 valence electrons. The van der Waals surface area contributed by atoms with Crippen LogP contribution in [0.5, 0.6) is 5.75 Å². The molecule has 0 saturated heterocycles. The first-order valence-corrected chi connectivity index (χ1v) is 7.64. The molecule has 1 aromatic rings. The SMILES string of the molecule is C[C@@H](NC(=O)CN1C[C@@H](C(N)=O)Oc2ccccc21)C1CC1. The number of nitrogens with one attached hydrogen (secondary N) is 1. The van der Waals surface area contributed by atoms with E-state index >= 15 is 0 Å². The Morgan fingerprint density at radius 3 is 2.82 bits per heavy atom. The molecule has 1 fully saturated rings. The minimum absolute atomic E-state index is 0.0423. The fraction of sp³-hybridized carbons (Fsp3) is 0.500. The zero-order valence-corrected chi connectivity index (χ0v) is 12.6. The van der Waals surface area contributed by atoms with Gasteiger partial charge in [0, 0.05) is 6.04 Å². The molecule has 1 aromatic carbocycles. The molecule has 6 nitrogen and oxygen atoms in total. The minimum Gasteiger partial charge on any atom is -0.477 e. The van der Waals surface area contributed by atoms with Crippen molar-refractivity contribution in [3.8, 4) is 5.75 Å². The van der Waals surface area contributed by atoms with Crippen LogP contribution >= 0.6 is 0 Å². The molecule has 22 heavy (non-hydrogen) atoms. The molecular weight excluding hydrogens is 282 g/mol. The van der Waals surface area contributed by atoms with Crippen LogP contribution in [0.15, 0.2) is 24.3 Å². The summed E-state index contributed by atoms with van der Waals surface area (Å²) in [5, 5.41) is 3.03. The van der Waals surface area contributed by atoms with E-state index in [4.69, 9.17) is 10.5 Å². The number of carbonyl (C=O) groups excluding carboxylic acids is 2. The van der Waals surface area contributed by atoms with E-state index in [1.807, 2.05) is 30.0 Å². The first-order chi connectivity index (χ1) is 10.5. The third-order valence-corrected chi connectivity index (χ3v) is 4.23. The molecule has 1 aliphatic carbocycles. The second kappa shape index (κ2) is 5.87. The van der Waals surface area contributed by atoms with Crippen molar-refractivity contribution in [2.75, 3.05) is 18.0 Å². The van der Waals surface area contributed by atoms with Crippen LogP contribution in [0.3, 0.4) is 0 Å². The molecule has 0 bridgehead atoms. The van der Waals surface area contributed by atoms with Gasteiger partial charge in [-0.1, -0.05) is 12.1 Å². The number of nitrogens with zero attached hydrogens (tertiary/aromatic N) is 1. The van der Waals surface area contributed by atoms with Crippen molar-refractivity contribution in [1.29, 1.82) is 0 Å². The van der Waals surface area contributed by atoms with Crippen LogP contribution in [0.1, 0.15) is 19.8 Å². The van der Waals surface area contributed by atoms with Gasteiger partial charge in [-0.25, -0.2) is 0 Å². The van der Waals surface area contributed by atoms with E-state index in [0.29, 0.717) is 11.7 Å². The van der Waals surface area contributed by atoms with Crippen molar-refractivity contribution < 1.29 is 14.3 Å². The van der Waals surface area contributed by atoms with Crippen molar-refractivity contribution >= 4 is 17.5 Å². The van der Waals surface area contributed by atoms with Crippen LogP contribution < -0.4 is 20.7 Å². The van der Waals surface area contributed by atoms with Gasteiger partial charge in [-0.15, -0.1) is 0 Å². The number of anilines is 1. The maximum atomic E-state index is 12.2. The van der Waals surface area contributed by atoms with E-state index in [-0.39, 0.29) is 25.0 Å². The summed E-state index contributed by atoms with van der Waals surface area (Å²) in [7, 11) is 0. The lowest BCUT2D eigenvalue weighted by atomic mass is 10.1. The smallest absolute Gasteiger partial charge is 0.260 e. The van der Waals surface area contributed by atoms with Crippen molar-refractivity contribution in [2.24, 2.45) is 11.7 Å². The first-order valence-electron chi connectivity index (χ1n) is 7.64. The van der Waals surface area contributed by atoms with E-state index in [1.54, 1.807) is 6.07 Å². The number of fused-ring (bicyclic) bond motifs is 1. The molecule has 1 saturated carbocycles. The lowest BCUT2D eigenvalue weighted by Crippen LogP contribution is -2.50. The minimum atomic E-state index is -0.733. The average molecular weight is 303 g/mol. The number of benzene rings is 1. The Balaban J connectivity index is 1.70. The number of hydrogen-bond acceptors (Lipinski definition) is 4. The fourth-order valence-electron chi connectivity index (χ4n) is 2.79. The van der Waals surface area contributed by atoms with Gasteiger partial charge in [0.25, 0.3) is 5.91 Å². The standard InChI is InChI=1S/C16H21N3O3/c1-10(11-6-7-11)18-15(20)9-19-8-14(16(17)21)22-13-5-3-2-4-12(13)19/h2-5,10-11,14H,6-9H2,1H3,(H2,17,21)(H,18,20)/t10-,14+/m1/s1. The van der Waals surface area contributed by atoms with E-state index < -0.39 is 12.0 Å². The summed E-state index contributed by atoms with van der Waals surface area (Å²) < 4.78 is 5.59. The van der Waals surface area contributed by atoms with Gasteiger partial charge in [-0.05, 0) is 37.8 Å². The summed E-state index contributed by atoms with van der Waals surface area (Å²) in [6.45, 7) is 2.52. The van der Waals surface area contributed by atoms with Gasteiger partial charge in [0.1, 0.15) is 5.75 Å². The van der Waals surface area contributed by atoms with Gasteiger partial charge in [0.2, 0.25) is 5.91 Å². The summed E-state index contributed by atoms with van der Waals surface area (Å²) in [6, 6.07) is 7.57. The number of amides is 2. The second-order valence-electron chi connectivity index (χ2n) is 6.05. The molecule has 6 heteroatoms. The number of ether oxygens (including phenoxy) is 1. The van der Waals surface area contributed by atoms with E-state index in [1.165, 1.54) is 12.8 Å². The van der Waals surface area contributed by atoms with Crippen LogP contribution in [0.4, 0.5) is 5.69 Å². The molecule has 3 N–H and O–H groups in total. The summed E-state index contributed by atoms with van der Waals surface area (Å²) >= 11 is 0. The highest BCUT2D eigenvalue weighted by molar-refractivity contribution is 5.85. The van der Waals surface area contributed by atoms with Crippen LogP contribution in [0.2, 0.25) is 0 Å². The Morgan fingerprint density at radius 2 is 2.14 bits per heavy atom. The topological polar surface area (TPSA) is 84.7 Å².